The maximum atomic E-state index is 14.9. The molecule has 1 nitrogen and oxygen atoms in total. The number of benzene rings is 2. The molecule has 2 aromatic rings. The lowest BCUT2D eigenvalue weighted by atomic mass is 9.78. The van der Waals surface area contributed by atoms with Gasteiger partial charge < -0.3 is 4.74 Å². The zero-order valence-electron chi connectivity index (χ0n) is 15.9. The number of hydrogen-bond donors (Lipinski definition) is 0. The summed E-state index contributed by atoms with van der Waals surface area (Å²) in [5.41, 5.74) is 1.61. The lowest BCUT2D eigenvalue weighted by Gasteiger charge is -2.29. The molecule has 0 atom stereocenters. The van der Waals surface area contributed by atoms with Crippen LogP contribution < -0.4 is 4.74 Å². The lowest BCUT2D eigenvalue weighted by Crippen LogP contribution is -2.20. The van der Waals surface area contributed by atoms with Crippen LogP contribution in [0.25, 0.3) is 22.3 Å². The summed E-state index contributed by atoms with van der Waals surface area (Å²) in [6, 6.07) is 4.92. The molecule has 1 saturated carbocycles. The van der Waals surface area contributed by atoms with E-state index in [0.717, 1.165) is 18.8 Å². The Morgan fingerprint density at radius 3 is 2.26 bits per heavy atom. The Balaban J connectivity index is 1.48. The molecular weight excluding hydrogens is 349 g/mol. The van der Waals surface area contributed by atoms with Gasteiger partial charge in [-0.1, -0.05) is 32.6 Å². The highest BCUT2D eigenvalue weighted by Gasteiger charge is 2.33. The third kappa shape index (κ3) is 3.13. The maximum absolute atomic E-state index is 14.9. The van der Waals surface area contributed by atoms with Crippen LogP contribution in [0, 0.1) is 36.2 Å². The van der Waals surface area contributed by atoms with Crippen molar-refractivity contribution in [1.82, 2.24) is 0 Å². The second-order valence-corrected chi connectivity index (χ2v) is 8.03. The van der Waals surface area contributed by atoms with Crippen molar-refractivity contribution in [2.75, 3.05) is 6.61 Å². The van der Waals surface area contributed by atoms with Crippen molar-refractivity contribution < 1.29 is 17.9 Å². The summed E-state index contributed by atoms with van der Waals surface area (Å²) >= 11 is 0. The normalized spacial score (nSPS) is 20.6. The molecule has 0 radical (unpaired) electrons. The minimum atomic E-state index is -0.970. The minimum absolute atomic E-state index is 0.0381. The number of halogens is 3. The van der Waals surface area contributed by atoms with Gasteiger partial charge in [0, 0.05) is 11.1 Å². The first-order valence-corrected chi connectivity index (χ1v) is 9.95. The van der Waals surface area contributed by atoms with Crippen LogP contribution in [0.2, 0.25) is 0 Å². The molecule has 144 valence electrons. The summed E-state index contributed by atoms with van der Waals surface area (Å²) in [6.45, 7) is 4.21. The monoisotopic (exact) mass is 374 g/mol. The van der Waals surface area contributed by atoms with Crippen LogP contribution in [0.1, 0.15) is 51.0 Å². The van der Waals surface area contributed by atoms with Crippen molar-refractivity contribution in [2.24, 2.45) is 11.8 Å². The van der Waals surface area contributed by atoms with Crippen molar-refractivity contribution in [3.8, 4) is 28.0 Å². The van der Waals surface area contributed by atoms with E-state index in [1.165, 1.54) is 32.6 Å². The fourth-order valence-corrected chi connectivity index (χ4v) is 4.59. The average Bonchev–Trinajstić information content (AvgIpc) is 2.65. The van der Waals surface area contributed by atoms with Crippen LogP contribution in [-0.4, -0.2) is 6.61 Å². The van der Waals surface area contributed by atoms with E-state index in [0.29, 0.717) is 23.7 Å². The third-order valence-electron chi connectivity index (χ3n) is 6.17. The van der Waals surface area contributed by atoms with E-state index in [4.69, 9.17) is 4.74 Å². The molecule has 0 aliphatic heterocycles. The molecule has 2 aliphatic carbocycles. The fraction of sp³-hybridized carbons (Fsp3) is 0.478. The molecule has 1 fully saturated rings. The Hall–Kier alpha value is -1.97. The van der Waals surface area contributed by atoms with Gasteiger partial charge in [-0.05, 0) is 66.5 Å². The number of aryl methyl sites for hydroxylation is 1. The lowest BCUT2D eigenvalue weighted by molar-refractivity contribution is 0.174. The van der Waals surface area contributed by atoms with Crippen molar-refractivity contribution in [2.45, 2.75) is 52.4 Å². The van der Waals surface area contributed by atoms with Gasteiger partial charge in [0.2, 0.25) is 0 Å². The van der Waals surface area contributed by atoms with Gasteiger partial charge in [0.25, 0.3) is 0 Å². The van der Waals surface area contributed by atoms with Gasteiger partial charge in [-0.3, -0.25) is 0 Å². The number of rotatable bonds is 5. The van der Waals surface area contributed by atoms with Crippen molar-refractivity contribution in [1.29, 1.82) is 0 Å². The summed E-state index contributed by atoms with van der Waals surface area (Å²) in [5, 5.41) is 0. The molecule has 0 aromatic heterocycles. The predicted octanol–water partition coefficient (Wildman–Crippen LogP) is 7.05. The molecule has 0 bridgehead atoms. The Morgan fingerprint density at radius 2 is 1.56 bits per heavy atom. The van der Waals surface area contributed by atoms with Gasteiger partial charge >= 0.3 is 0 Å². The largest absolute Gasteiger partial charge is 0.490 e. The van der Waals surface area contributed by atoms with Crippen LogP contribution in [0.5, 0.6) is 5.75 Å². The first-order valence-electron chi connectivity index (χ1n) is 9.95. The van der Waals surface area contributed by atoms with E-state index in [9.17, 15) is 13.2 Å². The number of fused-ring (bicyclic) bond motifs is 4. The van der Waals surface area contributed by atoms with Crippen molar-refractivity contribution >= 4 is 0 Å². The second kappa shape index (κ2) is 7.21. The molecule has 0 amide bonds. The van der Waals surface area contributed by atoms with Crippen molar-refractivity contribution in [3.05, 3.63) is 41.2 Å². The van der Waals surface area contributed by atoms with Crippen LogP contribution in [0.4, 0.5) is 13.2 Å². The van der Waals surface area contributed by atoms with E-state index in [-0.39, 0.29) is 22.4 Å². The van der Waals surface area contributed by atoms with E-state index in [2.05, 4.69) is 6.92 Å². The Bertz CT molecular complexity index is 867. The number of hydrogen-bond acceptors (Lipinski definition) is 1. The van der Waals surface area contributed by atoms with E-state index in [1.54, 1.807) is 18.2 Å². The smallest absolute Gasteiger partial charge is 0.173 e. The topological polar surface area (TPSA) is 9.23 Å². The zero-order chi connectivity index (χ0) is 19.1. The molecule has 0 N–H and O–H groups in total. The van der Waals surface area contributed by atoms with Gasteiger partial charge in [0.15, 0.2) is 23.2 Å². The van der Waals surface area contributed by atoms with E-state index in [1.807, 2.05) is 0 Å². The molecule has 0 heterocycles. The minimum Gasteiger partial charge on any atom is -0.490 e. The zero-order valence-corrected chi connectivity index (χ0v) is 15.9. The van der Waals surface area contributed by atoms with Crippen LogP contribution in [-0.2, 0) is 0 Å². The first kappa shape index (κ1) is 18.4. The van der Waals surface area contributed by atoms with Crippen molar-refractivity contribution in [3.63, 3.8) is 0 Å². The summed E-state index contributed by atoms with van der Waals surface area (Å²) in [6.07, 6.45) is 7.16. The average molecular weight is 374 g/mol. The van der Waals surface area contributed by atoms with E-state index < -0.39 is 17.5 Å². The molecule has 2 aromatic carbocycles. The molecule has 0 spiro atoms. The standard InChI is InChI=1S/C23H25F3O/c1-3-4-14-5-7-15(8-6-14)12-27-18-10-9-16-17-11-13(2)21(24)23(26)20(17)19(16)22(18)25/h9-11,14-15H,3-8,12H2,1-2H3. The first-order chi connectivity index (χ1) is 13.0. The van der Waals surface area contributed by atoms with Crippen LogP contribution in [0.3, 0.4) is 0 Å². The summed E-state index contributed by atoms with van der Waals surface area (Å²) in [7, 11) is 0. The Morgan fingerprint density at radius 1 is 0.889 bits per heavy atom. The molecular formula is C23H25F3O. The highest BCUT2D eigenvalue weighted by atomic mass is 19.2. The third-order valence-corrected chi connectivity index (χ3v) is 6.17. The van der Waals surface area contributed by atoms with Gasteiger partial charge in [-0.2, -0.15) is 0 Å². The maximum Gasteiger partial charge on any atom is 0.173 e. The molecule has 2 aliphatic rings. The second-order valence-electron chi connectivity index (χ2n) is 8.03. The molecule has 0 saturated heterocycles. The fourth-order valence-electron chi connectivity index (χ4n) is 4.59. The predicted molar refractivity (Wildman–Crippen MR) is 101 cm³/mol. The van der Waals surface area contributed by atoms with Gasteiger partial charge in [-0.15, -0.1) is 0 Å². The van der Waals surface area contributed by atoms with Gasteiger partial charge in [0.1, 0.15) is 0 Å². The Kier molecular flexibility index (Phi) is 4.92. The molecule has 27 heavy (non-hydrogen) atoms. The van der Waals surface area contributed by atoms with Crippen LogP contribution in [0.15, 0.2) is 18.2 Å². The SMILES string of the molecule is CCCC1CCC(COc2ccc3c(c2F)-c2c-3cc(C)c(F)c2F)CC1. The Labute approximate surface area is 158 Å². The number of ether oxygens (including phenoxy) is 1. The summed E-state index contributed by atoms with van der Waals surface area (Å²) in [4.78, 5) is 0. The highest BCUT2D eigenvalue weighted by molar-refractivity contribution is 6.03. The summed E-state index contributed by atoms with van der Waals surface area (Å²) in [5.74, 6) is -1.07. The highest BCUT2D eigenvalue weighted by Crippen LogP contribution is 2.52. The van der Waals surface area contributed by atoms with Gasteiger partial charge in [-0.25, -0.2) is 13.2 Å². The summed E-state index contributed by atoms with van der Waals surface area (Å²) < 4.78 is 48.8. The van der Waals surface area contributed by atoms with E-state index >= 15 is 0 Å². The van der Waals surface area contributed by atoms with Gasteiger partial charge in [0.05, 0.1) is 6.61 Å². The molecule has 4 rings (SSSR count). The quantitative estimate of drug-likeness (QED) is 0.465. The molecule has 0 unspecified atom stereocenters. The van der Waals surface area contributed by atoms with Crippen LogP contribution >= 0.6 is 0 Å². The molecule has 4 heteroatoms.